The van der Waals surface area contributed by atoms with Gasteiger partial charge in [-0.1, -0.05) is 0 Å². The van der Waals surface area contributed by atoms with Crippen LogP contribution in [0.25, 0.3) is 5.65 Å². The molecule has 0 saturated heterocycles. The second kappa shape index (κ2) is 7.66. The molecule has 3 aromatic rings. The van der Waals surface area contributed by atoms with E-state index < -0.39 is 0 Å². The molecule has 0 aliphatic carbocycles. The average Bonchev–Trinajstić information content (AvgIpc) is 3.19. The molecule has 1 N–H and O–H groups in total. The van der Waals surface area contributed by atoms with E-state index in [0.29, 0.717) is 42.0 Å². The summed E-state index contributed by atoms with van der Waals surface area (Å²) in [5, 5.41) is 21.4. The molecule has 0 aromatic carbocycles. The maximum atomic E-state index is 12.4. The molecule has 3 heterocycles. The van der Waals surface area contributed by atoms with Crippen LogP contribution in [-0.4, -0.2) is 36.8 Å². The second-order valence-electron chi connectivity index (χ2n) is 8.32. The molecule has 0 aliphatic rings. The van der Waals surface area contributed by atoms with Crippen LogP contribution < -0.4 is 5.32 Å². The Morgan fingerprint density at radius 2 is 1.90 bits per heavy atom. The fraction of sp³-hybridized carbons (Fsp3) is 0.476. The van der Waals surface area contributed by atoms with Crippen molar-refractivity contribution in [3.8, 4) is 6.07 Å². The van der Waals surface area contributed by atoms with Crippen molar-refractivity contribution in [3.05, 3.63) is 46.2 Å². The Morgan fingerprint density at radius 1 is 1.17 bits per heavy atom. The largest absolute Gasteiger partial charge is 0.351 e. The second-order valence-corrected chi connectivity index (χ2v) is 8.32. The van der Waals surface area contributed by atoms with Gasteiger partial charge in [0.15, 0.2) is 5.65 Å². The van der Waals surface area contributed by atoms with Crippen molar-refractivity contribution in [1.29, 1.82) is 5.26 Å². The first-order chi connectivity index (χ1) is 13.6. The summed E-state index contributed by atoms with van der Waals surface area (Å²) in [5.74, 6) is -0.195. The van der Waals surface area contributed by atoms with Crippen LogP contribution in [0.15, 0.2) is 12.1 Å². The molecule has 29 heavy (non-hydrogen) atoms. The molecule has 3 rings (SSSR count). The molecule has 1 amide bonds. The topological polar surface area (TPSA) is 101 Å². The Bertz CT molecular complexity index is 1110. The van der Waals surface area contributed by atoms with Crippen LogP contribution in [0.3, 0.4) is 0 Å². The summed E-state index contributed by atoms with van der Waals surface area (Å²) in [7, 11) is 0. The number of nitrogens with one attached hydrogen (secondary N) is 1. The number of carbonyl (C=O) groups is 1. The molecule has 3 aromatic heterocycles. The normalized spacial score (nSPS) is 11.6. The van der Waals surface area contributed by atoms with Crippen LogP contribution >= 0.6 is 0 Å². The number of nitrogens with zero attached hydrogens (tertiary/aromatic N) is 6. The maximum Gasteiger partial charge on any atom is 0.271 e. The van der Waals surface area contributed by atoms with E-state index in [-0.39, 0.29) is 11.4 Å². The van der Waals surface area contributed by atoms with Crippen LogP contribution in [0.2, 0.25) is 0 Å². The minimum absolute atomic E-state index is 0.177. The quantitative estimate of drug-likeness (QED) is 0.672. The van der Waals surface area contributed by atoms with Gasteiger partial charge in [0.05, 0.1) is 11.2 Å². The first-order valence-electron chi connectivity index (χ1n) is 9.73. The van der Waals surface area contributed by atoms with E-state index >= 15 is 0 Å². The molecule has 0 spiro atoms. The van der Waals surface area contributed by atoms with E-state index in [1.165, 1.54) is 0 Å². The maximum absolute atomic E-state index is 12.4. The predicted molar refractivity (Wildman–Crippen MR) is 110 cm³/mol. The van der Waals surface area contributed by atoms with Crippen molar-refractivity contribution >= 4 is 11.6 Å². The highest BCUT2D eigenvalue weighted by Crippen LogP contribution is 2.18. The molecule has 152 valence electrons. The summed E-state index contributed by atoms with van der Waals surface area (Å²) in [6, 6.07) is 5.96. The summed E-state index contributed by atoms with van der Waals surface area (Å²) >= 11 is 0. The van der Waals surface area contributed by atoms with Crippen LogP contribution in [0.5, 0.6) is 0 Å². The number of hydrogen-bond acceptors (Lipinski definition) is 5. The van der Waals surface area contributed by atoms with E-state index in [9.17, 15) is 10.1 Å². The summed E-state index contributed by atoms with van der Waals surface area (Å²) in [6.45, 7) is 12.4. The highest BCUT2D eigenvalue weighted by molar-refractivity contribution is 5.92. The summed E-state index contributed by atoms with van der Waals surface area (Å²) in [6.07, 6.45) is 1.25. The molecule has 0 unspecified atom stereocenters. The van der Waals surface area contributed by atoms with Gasteiger partial charge in [-0.05, 0) is 66.5 Å². The van der Waals surface area contributed by atoms with Gasteiger partial charge in [-0.15, -0.1) is 0 Å². The van der Waals surface area contributed by atoms with Crippen molar-refractivity contribution < 1.29 is 4.79 Å². The number of fused-ring (bicyclic) bond motifs is 1. The highest BCUT2D eigenvalue weighted by Gasteiger charge is 2.20. The van der Waals surface area contributed by atoms with Crippen molar-refractivity contribution in [2.24, 2.45) is 0 Å². The van der Waals surface area contributed by atoms with Crippen molar-refractivity contribution in [1.82, 2.24) is 29.7 Å². The van der Waals surface area contributed by atoms with Gasteiger partial charge in [0.2, 0.25) is 0 Å². The zero-order valence-corrected chi connectivity index (χ0v) is 17.9. The standard InChI is InChI=1S/C21H27N7O/c1-13-10-14(2)27-19(24-13)16(12-22)17(25-27)8-7-9-23-20(29)18-11-15(3)28(26-18)21(4,5)6/h10-11H,7-9H2,1-6H3,(H,23,29). The van der Waals surface area contributed by atoms with Gasteiger partial charge < -0.3 is 5.32 Å². The number of nitriles is 1. The third-order valence-electron chi connectivity index (χ3n) is 4.71. The number of aryl methyl sites for hydroxylation is 4. The van der Waals surface area contributed by atoms with Crippen LogP contribution in [-0.2, 0) is 12.0 Å². The fourth-order valence-electron chi connectivity index (χ4n) is 3.47. The minimum atomic E-state index is -0.195. The molecular weight excluding hydrogens is 366 g/mol. The van der Waals surface area contributed by atoms with Gasteiger partial charge in [-0.25, -0.2) is 9.50 Å². The molecule has 8 heteroatoms. The fourth-order valence-corrected chi connectivity index (χ4v) is 3.47. The molecule has 0 fully saturated rings. The lowest BCUT2D eigenvalue weighted by Crippen LogP contribution is -2.27. The Labute approximate surface area is 170 Å². The number of rotatable bonds is 5. The van der Waals surface area contributed by atoms with E-state index in [1.807, 2.05) is 52.3 Å². The predicted octanol–water partition coefficient (Wildman–Crippen LogP) is 2.84. The molecule has 0 radical (unpaired) electrons. The SMILES string of the molecule is Cc1cc(C)n2nc(CCCNC(=O)c3cc(C)n(C(C)(C)C)n3)c(C#N)c2n1. The van der Waals surface area contributed by atoms with Crippen molar-refractivity contribution in [2.45, 2.75) is 59.9 Å². The van der Waals surface area contributed by atoms with E-state index in [0.717, 1.165) is 17.1 Å². The first kappa shape index (κ1) is 20.5. The summed E-state index contributed by atoms with van der Waals surface area (Å²) < 4.78 is 3.57. The third-order valence-corrected chi connectivity index (χ3v) is 4.71. The Kier molecular flexibility index (Phi) is 5.42. The van der Waals surface area contributed by atoms with Gasteiger partial charge in [-0.3, -0.25) is 9.48 Å². The third kappa shape index (κ3) is 4.14. The lowest BCUT2D eigenvalue weighted by atomic mass is 10.1. The summed E-state index contributed by atoms with van der Waals surface area (Å²) in [4.78, 5) is 16.9. The van der Waals surface area contributed by atoms with E-state index in [4.69, 9.17) is 0 Å². The van der Waals surface area contributed by atoms with Gasteiger partial charge >= 0.3 is 0 Å². The Balaban J connectivity index is 1.65. The molecule has 0 bridgehead atoms. The highest BCUT2D eigenvalue weighted by atomic mass is 16.1. The van der Waals surface area contributed by atoms with Gasteiger partial charge in [0, 0.05) is 23.6 Å². The number of amides is 1. The summed E-state index contributed by atoms with van der Waals surface area (Å²) in [5.41, 5.74) is 4.78. The lowest BCUT2D eigenvalue weighted by molar-refractivity contribution is 0.0946. The Morgan fingerprint density at radius 3 is 2.52 bits per heavy atom. The van der Waals surface area contributed by atoms with Crippen LogP contribution in [0.4, 0.5) is 0 Å². The number of hydrogen-bond donors (Lipinski definition) is 1. The molecular formula is C21H27N7O. The molecule has 0 saturated carbocycles. The molecule has 0 aliphatic heterocycles. The van der Waals surface area contributed by atoms with E-state index in [1.54, 1.807) is 10.6 Å². The lowest BCUT2D eigenvalue weighted by Gasteiger charge is -2.21. The number of carbonyl (C=O) groups excluding carboxylic acids is 1. The minimum Gasteiger partial charge on any atom is -0.351 e. The first-order valence-corrected chi connectivity index (χ1v) is 9.73. The Hall–Kier alpha value is -3.21. The van der Waals surface area contributed by atoms with Gasteiger partial charge in [0.1, 0.15) is 17.3 Å². The monoisotopic (exact) mass is 393 g/mol. The van der Waals surface area contributed by atoms with Crippen LogP contribution in [0, 0.1) is 32.1 Å². The van der Waals surface area contributed by atoms with Crippen molar-refractivity contribution in [3.63, 3.8) is 0 Å². The van der Waals surface area contributed by atoms with E-state index in [2.05, 4.69) is 26.6 Å². The zero-order chi connectivity index (χ0) is 21.3. The van der Waals surface area contributed by atoms with Gasteiger partial charge in [0.25, 0.3) is 5.91 Å². The van der Waals surface area contributed by atoms with Crippen molar-refractivity contribution in [2.75, 3.05) is 6.54 Å². The van der Waals surface area contributed by atoms with Crippen LogP contribution in [0.1, 0.15) is 66.0 Å². The molecule has 8 nitrogen and oxygen atoms in total. The number of aromatic nitrogens is 5. The smallest absolute Gasteiger partial charge is 0.271 e. The molecule has 0 atom stereocenters. The van der Waals surface area contributed by atoms with Gasteiger partial charge in [-0.2, -0.15) is 15.5 Å². The average molecular weight is 393 g/mol. The zero-order valence-electron chi connectivity index (χ0n) is 17.9.